The van der Waals surface area contributed by atoms with Gasteiger partial charge in [-0.05, 0) is 10.8 Å². The monoisotopic (exact) mass is 766 g/mol. The van der Waals surface area contributed by atoms with Crippen molar-refractivity contribution in [3.05, 3.63) is 172 Å². The molecule has 0 saturated heterocycles. The number of rotatable bonds is 2. The van der Waals surface area contributed by atoms with Crippen LogP contribution >= 0.6 is 23.2 Å². The van der Waals surface area contributed by atoms with Gasteiger partial charge in [0.05, 0.1) is 0 Å². The molecule has 0 aliphatic heterocycles. The summed E-state index contributed by atoms with van der Waals surface area (Å²) < 4.78 is 1.31. The maximum Gasteiger partial charge on any atom is -0.109 e. The number of hydrogen-bond acceptors (Lipinski definition) is 0. The van der Waals surface area contributed by atoms with Gasteiger partial charge in [0.2, 0.25) is 0 Å². The molecule has 0 heterocycles. The Balaban J connectivity index is 0.000000153. The molecule has 0 N–H and O–H groups in total. The second-order valence-corrected chi connectivity index (χ2v) is 17.0. The van der Waals surface area contributed by atoms with E-state index in [1.165, 1.54) is 82.0 Å². The van der Waals surface area contributed by atoms with Gasteiger partial charge in [0.15, 0.2) is 0 Å². The first-order valence-corrected chi connectivity index (χ1v) is 19.1. The van der Waals surface area contributed by atoms with Crippen LogP contribution in [0.3, 0.4) is 0 Å². The molecule has 7 aromatic carbocycles. The molecule has 0 fully saturated rings. The summed E-state index contributed by atoms with van der Waals surface area (Å²) in [5, 5.41) is 11.6. The van der Waals surface area contributed by atoms with Crippen molar-refractivity contribution in [2.24, 2.45) is 0 Å². The number of halogens is 2. The van der Waals surface area contributed by atoms with Crippen molar-refractivity contribution >= 4 is 69.5 Å². The zero-order chi connectivity index (χ0) is 35.6. The molecule has 0 saturated carbocycles. The minimum atomic E-state index is 0.203. The first-order chi connectivity index (χ1) is 23.8. The third kappa shape index (κ3) is 7.87. The zero-order valence-corrected chi connectivity index (χ0v) is 33.6. The van der Waals surface area contributed by atoms with E-state index in [-0.39, 0.29) is 10.8 Å². The molecule has 0 nitrogen and oxygen atoms in total. The summed E-state index contributed by atoms with van der Waals surface area (Å²) in [6.07, 6.45) is 10.0. The SMILES string of the molecule is CC(C)(C)c1ccc2c(c1)[cH-]c1cc(C(C)(C)C)ccc12.Clc1ccc([C](=[Zr+2])c2ccc(Cl)c3ccccc23)c2ccccc12.[C-]1=CC=CC1. The van der Waals surface area contributed by atoms with Gasteiger partial charge in [0.25, 0.3) is 0 Å². The summed E-state index contributed by atoms with van der Waals surface area (Å²) in [4.78, 5) is 0. The summed E-state index contributed by atoms with van der Waals surface area (Å²) in [5.41, 5.74) is 5.69. The molecular formula is C47H42Cl2Zr. The molecule has 0 aromatic heterocycles. The van der Waals surface area contributed by atoms with E-state index in [1.807, 2.05) is 36.4 Å². The quantitative estimate of drug-likeness (QED) is 0.154. The van der Waals surface area contributed by atoms with Crippen LogP contribution in [0, 0.1) is 6.08 Å². The minimum Gasteiger partial charge on any atom is -0.273 e. The Hall–Kier alpha value is -3.48. The van der Waals surface area contributed by atoms with E-state index < -0.39 is 0 Å². The van der Waals surface area contributed by atoms with Gasteiger partial charge in [-0.2, -0.15) is 6.08 Å². The topological polar surface area (TPSA) is 0 Å². The van der Waals surface area contributed by atoms with Gasteiger partial charge in [-0.1, -0.05) is 76.9 Å². The van der Waals surface area contributed by atoms with E-state index in [4.69, 9.17) is 23.2 Å². The fourth-order valence-electron chi connectivity index (χ4n) is 6.40. The Kier molecular flexibility index (Phi) is 10.9. The second-order valence-electron chi connectivity index (χ2n) is 14.9. The number of benzene rings is 6. The maximum atomic E-state index is 6.38. The van der Waals surface area contributed by atoms with Gasteiger partial charge in [-0.3, -0.25) is 6.08 Å². The molecule has 7 aromatic rings. The fourth-order valence-corrected chi connectivity index (χ4v) is 7.93. The Bertz CT molecular complexity index is 2240. The fraction of sp³-hybridized carbons (Fsp3) is 0.191. The molecule has 0 spiro atoms. The van der Waals surface area contributed by atoms with E-state index >= 15 is 0 Å². The number of hydrogen-bond donors (Lipinski definition) is 0. The van der Waals surface area contributed by atoms with E-state index in [1.54, 1.807) is 0 Å². The van der Waals surface area contributed by atoms with Crippen LogP contribution < -0.4 is 0 Å². The van der Waals surface area contributed by atoms with Gasteiger partial charge in [-0.15, -0.1) is 46.2 Å². The van der Waals surface area contributed by atoms with E-state index in [0.717, 1.165) is 27.2 Å². The first-order valence-electron chi connectivity index (χ1n) is 17.1. The maximum absolute atomic E-state index is 6.38. The molecular weight excluding hydrogens is 727 g/mol. The predicted molar refractivity (Wildman–Crippen MR) is 217 cm³/mol. The molecule has 8 rings (SSSR count). The van der Waals surface area contributed by atoms with Crippen molar-refractivity contribution in [3.8, 4) is 0 Å². The van der Waals surface area contributed by atoms with Crippen molar-refractivity contribution in [2.45, 2.75) is 58.8 Å². The smallest absolute Gasteiger partial charge is 0.109 e. The summed E-state index contributed by atoms with van der Waals surface area (Å²) in [6.45, 7) is 13.6. The molecule has 1 aliphatic carbocycles. The Morgan fingerprint density at radius 1 is 0.580 bits per heavy atom. The summed E-state index contributed by atoms with van der Waals surface area (Å²) in [6, 6.07) is 41.0. The largest absolute Gasteiger partial charge is 0.273 e. The summed E-state index contributed by atoms with van der Waals surface area (Å²) >= 11 is 14.1. The summed E-state index contributed by atoms with van der Waals surface area (Å²) in [5.74, 6) is 0. The Morgan fingerprint density at radius 3 is 1.38 bits per heavy atom. The van der Waals surface area contributed by atoms with Crippen LogP contribution in [0.4, 0.5) is 0 Å². The van der Waals surface area contributed by atoms with Gasteiger partial charge in [-0.25, -0.2) is 12.2 Å². The third-order valence-electron chi connectivity index (χ3n) is 9.30. The van der Waals surface area contributed by atoms with Gasteiger partial charge < -0.3 is 0 Å². The standard InChI is InChI=1S/C21H12Cl2.C21H25.C5H5.Zr/c22-20-11-9-14(16-5-1-3-7-18(16)20)13-15-10-12-21(23)19-8-4-2-6-17(15)19;1-20(2,3)16-7-9-18-14(12-16)11-15-13-17(21(4,5)6)8-10-19(15)18;1-2-4-5-3-1;/h1-12H;7-13H,1-6H3;1-3H,4H2;/q;2*-1;+2. The van der Waals surface area contributed by atoms with Crippen molar-refractivity contribution in [2.75, 3.05) is 0 Å². The molecule has 0 radical (unpaired) electrons. The molecule has 0 amide bonds. The Labute approximate surface area is 322 Å². The summed E-state index contributed by atoms with van der Waals surface area (Å²) in [7, 11) is 0. The average molecular weight is 769 g/mol. The predicted octanol–water partition coefficient (Wildman–Crippen LogP) is 14.0. The molecule has 248 valence electrons. The van der Waals surface area contributed by atoms with Crippen molar-refractivity contribution < 1.29 is 24.2 Å². The van der Waals surface area contributed by atoms with Crippen LogP contribution in [-0.4, -0.2) is 3.21 Å². The second kappa shape index (κ2) is 15.0. The molecule has 0 bridgehead atoms. The minimum absolute atomic E-state index is 0.203. The molecule has 1 aliphatic rings. The van der Waals surface area contributed by atoms with Gasteiger partial charge in [0, 0.05) is 0 Å². The molecule has 50 heavy (non-hydrogen) atoms. The zero-order valence-electron chi connectivity index (χ0n) is 29.7. The van der Waals surface area contributed by atoms with Crippen LogP contribution in [0.2, 0.25) is 10.0 Å². The van der Waals surface area contributed by atoms with Gasteiger partial charge >= 0.3 is 166 Å². The molecule has 0 atom stereocenters. The van der Waals surface area contributed by atoms with Crippen molar-refractivity contribution in [1.82, 2.24) is 0 Å². The number of fused-ring (bicyclic) bond motifs is 5. The Morgan fingerprint density at radius 2 is 1.02 bits per heavy atom. The van der Waals surface area contributed by atoms with Crippen LogP contribution in [0.5, 0.6) is 0 Å². The van der Waals surface area contributed by atoms with Crippen molar-refractivity contribution in [3.63, 3.8) is 0 Å². The molecule has 3 heteroatoms. The molecule has 0 unspecified atom stereocenters. The normalized spacial score (nSPS) is 12.7. The van der Waals surface area contributed by atoms with E-state index in [9.17, 15) is 0 Å². The van der Waals surface area contributed by atoms with Gasteiger partial charge in [0.1, 0.15) is 0 Å². The van der Waals surface area contributed by atoms with Crippen molar-refractivity contribution in [1.29, 1.82) is 0 Å². The third-order valence-corrected chi connectivity index (χ3v) is 11.3. The first kappa shape index (κ1) is 36.3. The number of allylic oxidation sites excluding steroid dienone is 4. The van der Waals surface area contributed by atoms with Crippen LogP contribution in [0.1, 0.15) is 70.2 Å². The van der Waals surface area contributed by atoms with Crippen LogP contribution in [0.25, 0.3) is 43.1 Å². The van der Waals surface area contributed by atoms with E-state index in [2.05, 4.69) is 145 Å². The van der Waals surface area contributed by atoms with Crippen LogP contribution in [-0.2, 0) is 35.1 Å². The van der Waals surface area contributed by atoms with E-state index in [0.29, 0.717) is 0 Å². The van der Waals surface area contributed by atoms with Crippen LogP contribution in [0.15, 0.2) is 133 Å². The average Bonchev–Trinajstić information content (AvgIpc) is 3.80.